The van der Waals surface area contributed by atoms with Crippen LogP contribution in [0.1, 0.15) is 6.92 Å². The fourth-order valence-electron chi connectivity index (χ4n) is 1.15. The molecule has 0 saturated carbocycles. The van der Waals surface area contributed by atoms with E-state index in [0.717, 1.165) is 0 Å². The van der Waals surface area contributed by atoms with Gasteiger partial charge in [0.25, 0.3) is 0 Å². The Balaban J connectivity index is 2.67. The largest absolute Gasteiger partial charge is 0.366 e. The number of nitrogens with one attached hydrogen (secondary N) is 1. The van der Waals surface area contributed by atoms with Crippen molar-refractivity contribution >= 4 is 31.6 Å². The lowest BCUT2D eigenvalue weighted by Crippen LogP contribution is -2.25. The van der Waals surface area contributed by atoms with Gasteiger partial charge >= 0.3 is 0 Å². The standard InChI is InChI=1S/C8H12BrN3O2S/c1-6(4-15(2,13)14)12-8-7(9)3-10-5-11-8/h3,5-6H,4H2,1-2H3,(H,10,11,12). The van der Waals surface area contributed by atoms with Gasteiger partial charge in [0.05, 0.1) is 10.2 Å². The third-order valence-electron chi connectivity index (χ3n) is 1.60. The molecule has 0 aromatic carbocycles. The molecule has 1 unspecified atom stereocenters. The maximum atomic E-state index is 11.0. The lowest BCUT2D eigenvalue weighted by Gasteiger charge is -2.13. The molecule has 0 aliphatic rings. The van der Waals surface area contributed by atoms with Crippen LogP contribution in [0.4, 0.5) is 5.82 Å². The summed E-state index contributed by atoms with van der Waals surface area (Å²) in [6.07, 6.45) is 4.21. The summed E-state index contributed by atoms with van der Waals surface area (Å²) >= 11 is 3.27. The smallest absolute Gasteiger partial charge is 0.149 e. The van der Waals surface area contributed by atoms with Gasteiger partial charge < -0.3 is 5.32 Å². The minimum atomic E-state index is -2.98. The molecule has 0 radical (unpaired) electrons. The average Bonchev–Trinajstić information content (AvgIpc) is 2.05. The topological polar surface area (TPSA) is 72.0 Å². The molecular formula is C8H12BrN3O2S. The summed E-state index contributed by atoms with van der Waals surface area (Å²) in [7, 11) is -2.98. The van der Waals surface area contributed by atoms with Crippen molar-refractivity contribution in [1.82, 2.24) is 9.97 Å². The number of rotatable bonds is 4. The van der Waals surface area contributed by atoms with Crippen molar-refractivity contribution in [3.63, 3.8) is 0 Å². The second-order valence-corrected chi connectivity index (χ2v) is 6.40. The maximum Gasteiger partial charge on any atom is 0.149 e. The molecule has 0 spiro atoms. The van der Waals surface area contributed by atoms with E-state index < -0.39 is 9.84 Å². The summed E-state index contributed by atoms with van der Waals surface area (Å²) in [6, 6.07) is -0.189. The fraction of sp³-hybridized carbons (Fsp3) is 0.500. The normalized spacial score (nSPS) is 13.5. The number of hydrogen-bond donors (Lipinski definition) is 1. The molecule has 15 heavy (non-hydrogen) atoms. The van der Waals surface area contributed by atoms with Crippen LogP contribution in [0.25, 0.3) is 0 Å². The molecule has 1 heterocycles. The zero-order chi connectivity index (χ0) is 11.5. The van der Waals surface area contributed by atoms with Crippen LogP contribution < -0.4 is 5.32 Å². The second-order valence-electron chi connectivity index (χ2n) is 3.36. The molecule has 1 N–H and O–H groups in total. The average molecular weight is 294 g/mol. The van der Waals surface area contributed by atoms with Gasteiger partial charge in [-0.25, -0.2) is 18.4 Å². The summed E-state index contributed by atoms with van der Waals surface area (Å²) in [5.41, 5.74) is 0. The number of halogens is 1. The Bertz CT molecular complexity index is 435. The first-order chi connectivity index (χ1) is 6.88. The Morgan fingerprint density at radius 2 is 2.27 bits per heavy atom. The third kappa shape index (κ3) is 4.57. The molecule has 0 saturated heterocycles. The van der Waals surface area contributed by atoms with Crippen LogP contribution in [-0.2, 0) is 9.84 Å². The van der Waals surface area contributed by atoms with Gasteiger partial charge in [-0.2, -0.15) is 0 Å². The van der Waals surface area contributed by atoms with E-state index in [-0.39, 0.29) is 11.8 Å². The number of anilines is 1. The monoisotopic (exact) mass is 293 g/mol. The molecule has 0 bridgehead atoms. The molecule has 1 rings (SSSR count). The number of aromatic nitrogens is 2. The van der Waals surface area contributed by atoms with Gasteiger partial charge in [0.2, 0.25) is 0 Å². The Hall–Kier alpha value is -0.690. The van der Waals surface area contributed by atoms with E-state index in [9.17, 15) is 8.42 Å². The van der Waals surface area contributed by atoms with Crippen LogP contribution >= 0.6 is 15.9 Å². The second kappa shape index (κ2) is 4.89. The van der Waals surface area contributed by atoms with Gasteiger partial charge in [0, 0.05) is 18.5 Å². The highest BCUT2D eigenvalue weighted by molar-refractivity contribution is 9.10. The molecule has 0 fully saturated rings. The van der Waals surface area contributed by atoms with Crippen molar-refractivity contribution in [1.29, 1.82) is 0 Å². The molecule has 1 atom stereocenters. The molecule has 0 aliphatic carbocycles. The van der Waals surface area contributed by atoms with Crippen LogP contribution in [0.3, 0.4) is 0 Å². The first-order valence-electron chi connectivity index (χ1n) is 4.28. The van der Waals surface area contributed by atoms with Gasteiger partial charge in [-0.1, -0.05) is 0 Å². The highest BCUT2D eigenvalue weighted by Crippen LogP contribution is 2.17. The van der Waals surface area contributed by atoms with Crippen molar-refractivity contribution in [2.24, 2.45) is 0 Å². The molecule has 84 valence electrons. The zero-order valence-corrected chi connectivity index (χ0v) is 10.8. The lowest BCUT2D eigenvalue weighted by molar-refractivity contribution is 0.598. The number of nitrogens with zero attached hydrogens (tertiary/aromatic N) is 2. The van der Waals surface area contributed by atoms with Crippen LogP contribution in [0.2, 0.25) is 0 Å². The third-order valence-corrected chi connectivity index (χ3v) is 3.29. The molecule has 7 heteroatoms. The van der Waals surface area contributed by atoms with E-state index in [1.807, 2.05) is 0 Å². The van der Waals surface area contributed by atoms with Crippen molar-refractivity contribution in [2.45, 2.75) is 13.0 Å². The van der Waals surface area contributed by atoms with Crippen molar-refractivity contribution in [3.05, 3.63) is 17.0 Å². The number of sulfone groups is 1. The van der Waals surface area contributed by atoms with E-state index in [0.29, 0.717) is 10.3 Å². The van der Waals surface area contributed by atoms with Crippen LogP contribution in [0, 0.1) is 0 Å². The van der Waals surface area contributed by atoms with Crippen LogP contribution in [0.5, 0.6) is 0 Å². The molecule has 1 aromatic rings. The molecular weight excluding hydrogens is 282 g/mol. The first-order valence-corrected chi connectivity index (χ1v) is 7.13. The lowest BCUT2D eigenvalue weighted by atomic mass is 10.4. The minimum absolute atomic E-state index is 0.0729. The van der Waals surface area contributed by atoms with Crippen molar-refractivity contribution < 1.29 is 8.42 Å². The van der Waals surface area contributed by atoms with E-state index in [1.54, 1.807) is 13.1 Å². The fourth-order valence-corrected chi connectivity index (χ4v) is 2.47. The van der Waals surface area contributed by atoms with E-state index >= 15 is 0 Å². The predicted octanol–water partition coefficient (Wildman–Crippen LogP) is 1.08. The summed E-state index contributed by atoms with van der Waals surface area (Å²) in [5, 5.41) is 2.99. The van der Waals surface area contributed by atoms with Crippen LogP contribution in [0.15, 0.2) is 17.0 Å². The first kappa shape index (κ1) is 12.4. The molecule has 1 aromatic heterocycles. The Kier molecular flexibility index (Phi) is 4.04. The highest BCUT2D eigenvalue weighted by Gasteiger charge is 2.11. The molecule has 5 nitrogen and oxygen atoms in total. The minimum Gasteiger partial charge on any atom is -0.366 e. The van der Waals surface area contributed by atoms with Crippen LogP contribution in [-0.4, -0.2) is 36.4 Å². The Morgan fingerprint density at radius 3 is 2.80 bits per heavy atom. The van der Waals surface area contributed by atoms with Gasteiger partial charge in [0.1, 0.15) is 22.0 Å². The quantitative estimate of drug-likeness (QED) is 0.900. The van der Waals surface area contributed by atoms with E-state index in [1.165, 1.54) is 12.6 Å². The van der Waals surface area contributed by atoms with Crippen molar-refractivity contribution in [3.8, 4) is 0 Å². The Morgan fingerprint density at radius 1 is 1.60 bits per heavy atom. The number of hydrogen-bond acceptors (Lipinski definition) is 5. The summed E-state index contributed by atoms with van der Waals surface area (Å²) in [4.78, 5) is 7.79. The Labute approximate surface area is 97.4 Å². The van der Waals surface area contributed by atoms with Gasteiger partial charge in [-0.05, 0) is 22.9 Å². The van der Waals surface area contributed by atoms with Gasteiger partial charge in [-0.3, -0.25) is 0 Å². The zero-order valence-electron chi connectivity index (χ0n) is 8.44. The highest BCUT2D eigenvalue weighted by atomic mass is 79.9. The maximum absolute atomic E-state index is 11.0. The SMILES string of the molecule is CC(CS(C)(=O)=O)Nc1ncncc1Br. The summed E-state index contributed by atoms with van der Waals surface area (Å²) in [5.74, 6) is 0.671. The van der Waals surface area contributed by atoms with Crippen molar-refractivity contribution in [2.75, 3.05) is 17.3 Å². The van der Waals surface area contributed by atoms with Gasteiger partial charge in [-0.15, -0.1) is 0 Å². The predicted molar refractivity (Wildman–Crippen MR) is 62.5 cm³/mol. The van der Waals surface area contributed by atoms with Gasteiger partial charge in [0.15, 0.2) is 0 Å². The van der Waals surface area contributed by atoms with E-state index in [4.69, 9.17) is 0 Å². The molecule has 0 amide bonds. The van der Waals surface area contributed by atoms with E-state index in [2.05, 4.69) is 31.2 Å². The summed E-state index contributed by atoms with van der Waals surface area (Å²) in [6.45, 7) is 1.79. The molecule has 0 aliphatic heterocycles. The summed E-state index contributed by atoms with van der Waals surface area (Å²) < 4.78 is 22.8.